The Morgan fingerprint density at radius 2 is 1.92 bits per heavy atom. The molecule has 0 fully saturated rings. The van der Waals surface area contributed by atoms with Crippen LogP contribution in [0.2, 0.25) is 5.02 Å². The van der Waals surface area contributed by atoms with Crippen LogP contribution in [0, 0.1) is 13.8 Å². The average Bonchev–Trinajstić information content (AvgIpc) is 2.53. The molecule has 0 radical (unpaired) electrons. The first-order chi connectivity index (χ1) is 11.4. The van der Waals surface area contributed by atoms with Gasteiger partial charge in [0.05, 0.1) is 5.69 Å². The minimum atomic E-state index is -0.836. The summed E-state index contributed by atoms with van der Waals surface area (Å²) in [6.07, 6.45) is 0. The number of ether oxygens (including phenoxy) is 1. The highest BCUT2D eigenvalue weighted by molar-refractivity contribution is 6.30. The molecule has 0 unspecified atom stereocenters. The Balaban J connectivity index is 2.04. The van der Waals surface area contributed by atoms with Gasteiger partial charge in [-0.2, -0.15) is 0 Å². The summed E-state index contributed by atoms with van der Waals surface area (Å²) < 4.78 is 5.50. The molecule has 2 aromatic carbocycles. The van der Waals surface area contributed by atoms with Crippen LogP contribution in [-0.4, -0.2) is 18.5 Å². The van der Waals surface area contributed by atoms with Crippen LogP contribution < -0.4 is 20.9 Å². The van der Waals surface area contributed by atoms with Crippen LogP contribution in [0.3, 0.4) is 0 Å². The van der Waals surface area contributed by atoms with Gasteiger partial charge in [0, 0.05) is 5.02 Å². The van der Waals surface area contributed by atoms with E-state index in [1.54, 1.807) is 24.3 Å². The number of aryl methyl sites for hydroxylation is 1. The Kier molecular flexibility index (Phi) is 5.65. The van der Waals surface area contributed by atoms with Gasteiger partial charge in [-0.1, -0.05) is 29.8 Å². The number of hydrogen-bond donors (Lipinski definition) is 2. The van der Waals surface area contributed by atoms with Crippen molar-refractivity contribution in [3.63, 3.8) is 0 Å². The van der Waals surface area contributed by atoms with Crippen molar-refractivity contribution in [3.8, 4) is 5.75 Å². The molecule has 126 valence electrons. The van der Waals surface area contributed by atoms with Crippen LogP contribution in [0.25, 0.3) is 0 Å². The summed E-state index contributed by atoms with van der Waals surface area (Å²) >= 11 is 5.89. The van der Waals surface area contributed by atoms with Crippen molar-refractivity contribution in [3.05, 3.63) is 58.6 Å². The molecule has 0 aromatic heterocycles. The summed E-state index contributed by atoms with van der Waals surface area (Å²) in [7, 11) is 0. The van der Waals surface area contributed by atoms with Crippen molar-refractivity contribution in [2.45, 2.75) is 13.8 Å². The summed E-state index contributed by atoms with van der Waals surface area (Å²) in [5.41, 5.74) is 10.1. The lowest BCUT2D eigenvalue weighted by Gasteiger charge is -2.21. The van der Waals surface area contributed by atoms with Crippen molar-refractivity contribution < 1.29 is 14.3 Å². The zero-order valence-corrected chi connectivity index (χ0v) is 14.1. The summed E-state index contributed by atoms with van der Waals surface area (Å²) in [4.78, 5) is 23.6. The molecule has 0 saturated carbocycles. The number of anilines is 1. The molecule has 24 heavy (non-hydrogen) atoms. The highest BCUT2D eigenvalue weighted by Crippen LogP contribution is 2.21. The van der Waals surface area contributed by atoms with Gasteiger partial charge in [-0.05, 0) is 49.2 Å². The number of hydrazine groups is 1. The molecule has 0 saturated heterocycles. The third-order valence-corrected chi connectivity index (χ3v) is 3.67. The first kappa shape index (κ1) is 17.6. The van der Waals surface area contributed by atoms with Crippen LogP contribution in [0.5, 0.6) is 5.75 Å². The summed E-state index contributed by atoms with van der Waals surface area (Å²) in [6.45, 7) is 3.61. The van der Waals surface area contributed by atoms with E-state index in [4.69, 9.17) is 22.1 Å². The van der Waals surface area contributed by atoms with E-state index in [-0.39, 0.29) is 6.61 Å². The Morgan fingerprint density at radius 3 is 2.58 bits per heavy atom. The van der Waals surface area contributed by atoms with Crippen molar-refractivity contribution in [2.75, 3.05) is 11.6 Å². The van der Waals surface area contributed by atoms with E-state index in [0.29, 0.717) is 16.5 Å². The van der Waals surface area contributed by atoms with E-state index < -0.39 is 11.9 Å². The van der Waals surface area contributed by atoms with E-state index in [1.807, 2.05) is 26.0 Å². The van der Waals surface area contributed by atoms with Crippen molar-refractivity contribution in [2.24, 2.45) is 5.73 Å². The fourth-order valence-electron chi connectivity index (χ4n) is 2.04. The second-order valence-electron chi connectivity index (χ2n) is 5.18. The Bertz CT molecular complexity index is 764. The summed E-state index contributed by atoms with van der Waals surface area (Å²) in [5, 5.41) is 1.33. The standard InChI is InChI=1S/C17H18ClN3O3/c1-11-5-3-8-15(12(11)2)24-10-16(22)20-21(17(19)23)14-7-4-6-13(18)9-14/h3-9H,10H2,1-2H3,(H2,19,23)(H,20,22). The van der Waals surface area contributed by atoms with Crippen molar-refractivity contribution in [1.29, 1.82) is 0 Å². The largest absolute Gasteiger partial charge is 0.483 e. The fourth-order valence-corrected chi connectivity index (χ4v) is 2.23. The normalized spacial score (nSPS) is 10.1. The number of rotatable bonds is 4. The maximum absolute atomic E-state index is 12.1. The first-order valence-electron chi connectivity index (χ1n) is 7.22. The molecular weight excluding hydrogens is 330 g/mol. The number of carbonyl (C=O) groups is 2. The third-order valence-electron chi connectivity index (χ3n) is 3.44. The van der Waals surface area contributed by atoms with Crippen LogP contribution >= 0.6 is 11.6 Å². The number of nitrogens with one attached hydrogen (secondary N) is 1. The lowest BCUT2D eigenvalue weighted by molar-refractivity contribution is -0.123. The number of amides is 3. The van der Waals surface area contributed by atoms with E-state index in [9.17, 15) is 9.59 Å². The van der Waals surface area contributed by atoms with Gasteiger partial charge in [-0.15, -0.1) is 0 Å². The van der Waals surface area contributed by atoms with Crippen molar-refractivity contribution in [1.82, 2.24) is 5.43 Å². The van der Waals surface area contributed by atoms with E-state index in [2.05, 4.69) is 5.43 Å². The highest BCUT2D eigenvalue weighted by atomic mass is 35.5. The van der Waals surface area contributed by atoms with Crippen LogP contribution in [0.15, 0.2) is 42.5 Å². The molecule has 0 aliphatic rings. The van der Waals surface area contributed by atoms with Gasteiger partial charge in [0.25, 0.3) is 5.91 Å². The number of nitrogens with two attached hydrogens (primary N) is 1. The summed E-state index contributed by atoms with van der Waals surface area (Å²) in [6, 6.07) is 11.1. The number of urea groups is 1. The fraction of sp³-hybridized carbons (Fsp3) is 0.176. The third kappa shape index (κ3) is 4.39. The number of halogens is 1. The molecule has 0 aliphatic carbocycles. The molecular formula is C17H18ClN3O3. The van der Waals surface area contributed by atoms with E-state index in [0.717, 1.165) is 16.1 Å². The van der Waals surface area contributed by atoms with E-state index >= 15 is 0 Å². The minimum absolute atomic E-state index is 0.255. The van der Waals surface area contributed by atoms with Crippen LogP contribution in [0.1, 0.15) is 11.1 Å². The number of carbonyl (C=O) groups excluding carboxylic acids is 2. The van der Waals surface area contributed by atoms with Crippen LogP contribution in [-0.2, 0) is 4.79 Å². The summed E-state index contributed by atoms with van der Waals surface area (Å²) in [5.74, 6) is 0.0909. The van der Waals surface area contributed by atoms with Gasteiger partial charge in [0.1, 0.15) is 5.75 Å². The molecule has 0 bridgehead atoms. The smallest absolute Gasteiger partial charge is 0.338 e. The molecule has 0 atom stereocenters. The number of hydrogen-bond acceptors (Lipinski definition) is 3. The molecule has 0 heterocycles. The predicted octanol–water partition coefficient (Wildman–Crippen LogP) is 2.95. The quantitative estimate of drug-likeness (QED) is 0.834. The highest BCUT2D eigenvalue weighted by Gasteiger charge is 2.16. The van der Waals surface area contributed by atoms with E-state index in [1.165, 1.54) is 6.07 Å². The Hall–Kier alpha value is -2.73. The van der Waals surface area contributed by atoms with Gasteiger partial charge in [-0.25, -0.2) is 9.80 Å². The molecule has 2 rings (SSSR count). The molecule has 3 amide bonds. The maximum Gasteiger partial charge on any atom is 0.338 e. The van der Waals surface area contributed by atoms with Gasteiger partial charge < -0.3 is 10.5 Å². The molecule has 0 spiro atoms. The SMILES string of the molecule is Cc1cccc(OCC(=O)NN(C(N)=O)c2cccc(Cl)c2)c1C. The zero-order chi connectivity index (χ0) is 17.7. The van der Waals surface area contributed by atoms with Gasteiger partial charge in [0.2, 0.25) is 0 Å². The van der Waals surface area contributed by atoms with Gasteiger partial charge in [0.15, 0.2) is 6.61 Å². The maximum atomic E-state index is 12.1. The number of benzene rings is 2. The number of primary amides is 1. The minimum Gasteiger partial charge on any atom is -0.483 e. The molecule has 0 aliphatic heterocycles. The molecule has 6 nitrogen and oxygen atoms in total. The lowest BCUT2D eigenvalue weighted by atomic mass is 10.1. The number of nitrogens with zero attached hydrogens (tertiary/aromatic N) is 1. The lowest BCUT2D eigenvalue weighted by Crippen LogP contribution is -2.50. The second kappa shape index (κ2) is 7.70. The predicted molar refractivity (Wildman–Crippen MR) is 93.1 cm³/mol. The monoisotopic (exact) mass is 347 g/mol. The van der Waals surface area contributed by atoms with Crippen LogP contribution in [0.4, 0.5) is 10.5 Å². The topological polar surface area (TPSA) is 84.7 Å². The Morgan fingerprint density at radius 1 is 1.21 bits per heavy atom. The van der Waals surface area contributed by atoms with Gasteiger partial charge in [-0.3, -0.25) is 10.2 Å². The average molecular weight is 348 g/mol. The molecule has 3 N–H and O–H groups in total. The molecule has 7 heteroatoms. The Labute approximate surface area is 145 Å². The zero-order valence-electron chi connectivity index (χ0n) is 13.4. The first-order valence-corrected chi connectivity index (χ1v) is 7.60. The second-order valence-corrected chi connectivity index (χ2v) is 5.61. The van der Waals surface area contributed by atoms with Gasteiger partial charge >= 0.3 is 6.03 Å². The van der Waals surface area contributed by atoms with Crippen molar-refractivity contribution >= 4 is 29.2 Å². The molecule has 2 aromatic rings.